The third-order valence-corrected chi connectivity index (χ3v) is 1.46. The molecule has 0 aliphatic heterocycles. The van der Waals surface area contributed by atoms with Gasteiger partial charge in [-0.2, -0.15) is 0 Å². The molecular formula is C11H7Cl. The molecule has 1 aromatic rings. The summed E-state index contributed by atoms with van der Waals surface area (Å²) in [5, 5.41) is 2.20. The molecule has 1 aromatic carbocycles. The smallest absolute Gasteiger partial charge is 0.0255 e. The van der Waals surface area contributed by atoms with Gasteiger partial charge in [-0.1, -0.05) is 23.6 Å². The normalized spacial score (nSPS) is 7.50. The van der Waals surface area contributed by atoms with E-state index in [1.807, 2.05) is 31.2 Å². The largest absolute Gasteiger partial charge is 0.0581 e. The number of hydrogen-bond donors (Lipinski definition) is 0. The lowest BCUT2D eigenvalue weighted by molar-refractivity contribution is 1.46. The Bertz CT molecular complexity index is 365. The van der Waals surface area contributed by atoms with E-state index in [1.54, 1.807) is 0 Å². The highest BCUT2D eigenvalue weighted by Gasteiger charge is 1.83. The molecule has 0 saturated heterocycles. The summed E-state index contributed by atoms with van der Waals surface area (Å²) in [7, 11) is 0. The Balaban J connectivity index is 2.84. The highest BCUT2D eigenvalue weighted by molar-refractivity contribution is 6.30. The van der Waals surface area contributed by atoms with Crippen LogP contribution in [0, 0.1) is 30.1 Å². The fourth-order valence-corrected chi connectivity index (χ4v) is 0.811. The quantitative estimate of drug-likeness (QED) is 0.531. The van der Waals surface area contributed by atoms with Gasteiger partial charge in [0.2, 0.25) is 0 Å². The van der Waals surface area contributed by atoms with E-state index in [0.717, 1.165) is 5.56 Å². The van der Waals surface area contributed by atoms with E-state index in [2.05, 4.69) is 23.1 Å². The molecule has 1 heteroatoms. The Morgan fingerprint density at radius 1 is 1.08 bits per heavy atom. The zero-order valence-electron chi connectivity index (χ0n) is 6.69. The minimum Gasteiger partial charge on any atom is -0.0581 e. The third kappa shape index (κ3) is 2.70. The molecule has 0 fully saturated rings. The maximum atomic E-state index is 5.13. The van der Waals surface area contributed by atoms with Gasteiger partial charge in [0.25, 0.3) is 0 Å². The first-order valence-corrected chi connectivity index (χ1v) is 3.89. The Kier molecular flexibility index (Phi) is 3.27. The second-order valence-electron chi connectivity index (χ2n) is 2.34. The first-order valence-electron chi connectivity index (χ1n) is 3.51. The van der Waals surface area contributed by atoms with Gasteiger partial charge in [-0.05, 0) is 36.6 Å². The molecule has 0 spiro atoms. The number of rotatable bonds is 0. The van der Waals surface area contributed by atoms with E-state index in [0.29, 0.717) is 0 Å². The van der Waals surface area contributed by atoms with E-state index in [1.165, 1.54) is 5.56 Å². The van der Waals surface area contributed by atoms with E-state index >= 15 is 0 Å². The van der Waals surface area contributed by atoms with Gasteiger partial charge in [-0.3, -0.25) is 0 Å². The van der Waals surface area contributed by atoms with Gasteiger partial charge >= 0.3 is 0 Å². The molecule has 0 bridgehead atoms. The van der Waals surface area contributed by atoms with Gasteiger partial charge in [0, 0.05) is 16.9 Å². The SMILES string of the molecule is Cc1ccc(C#CC#CCl)cc1. The van der Waals surface area contributed by atoms with Crippen LogP contribution in [0.1, 0.15) is 11.1 Å². The van der Waals surface area contributed by atoms with Crippen LogP contribution in [0.3, 0.4) is 0 Å². The second-order valence-corrected chi connectivity index (χ2v) is 2.52. The summed E-state index contributed by atoms with van der Waals surface area (Å²) in [5.41, 5.74) is 2.18. The average molecular weight is 175 g/mol. The standard InChI is InChI=1S/C11H7Cl/c1-10-5-7-11(8-6-10)4-2-3-9-12/h5-8H,1H3. The first-order chi connectivity index (χ1) is 5.83. The van der Waals surface area contributed by atoms with Gasteiger partial charge in [0.05, 0.1) is 0 Å². The Morgan fingerprint density at radius 3 is 2.33 bits per heavy atom. The van der Waals surface area contributed by atoms with Crippen LogP contribution in [0.5, 0.6) is 0 Å². The molecule has 0 amide bonds. The van der Waals surface area contributed by atoms with E-state index in [4.69, 9.17) is 11.6 Å². The summed E-state index contributed by atoms with van der Waals surface area (Å²) in [4.78, 5) is 0. The van der Waals surface area contributed by atoms with Crippen LogP contribution in [0.4, 0.5) is 0 Å². The molecule has 0 unspecified atom stereocenters. The monoisotopic (exact) mass is 174 g/mol. The van der Waals surface area contributed by atoms with Crippen molar-refractivity contribution in [1.29, 1.82) is 0 Å². The highest BCUT2D eigenvalue weighted by Crippen LogP contribution is 2.00. The summed E-state index contributed by atoms with van der Waals surface area (Å²) < 4.78 is 0. The number of aryl methyl sites for hydroxylation is 1. The summed E-state index contributed by atoms with van der Waals surface area (Å²) in [6.45, 7) is 2.04. The van der Waals surface area contributed by atoms with Crippen molar-refractivity contribution in [3.05, 3.63) is 35.4 Å². The molecule has 0 radical (unpaired) electrons. The number of halogens is 1. The molecule has 0 N–H and O–H groups in total. The van der Waals surface area contributed by atoms with Crippen LogP contribution in [0.25, 0.3) is 0 Å². The van der Waals surface area contributed by atoms with Crippen molar-refractivity contribution in [1.82, 2.24) is 0 Å². The fourth-order valence-electron chi connectivity index (χ4n) is 0.764. The maximum Gasteiger partial charge on any atom is 0.0255 e. The van der Waals surface area contributed by atoms with Gasteiger partial charge in [-0.25, -0.2) is 0 Å². The van der Waals surface area contributed by atoms with Crippen LogP contribution in [-0.2, 0) is 0 Å². The minimum atomic E-state index is 0.958. The van der Waals surface area contributed by atoms with E-state index < -0.39 is 0 Å². The van der Waals surface area contributed by atoms with Crippen molar-refractivity contribution in [2.24, 2.45) is 0 Å². The zero-order valence-corrected chi connectivity index (χ0v) is 7.44. The Labute approximate surface area is 77.6 Å². The summed E-state index contributed by atoms with van der Waals surface area (Å²) >= 11 is 5.13. The second kappa shape index (κ2) is 4.50. The highest BCUT2D eigenvalue weighted by atomic mass is 35.5. The number of benzene rings is 1. The molecule has 58 valence electrons. The number of hydrogen-bond acceptors (Lipinski definition) is 0. The molecule has 0 aromatic heterocycles. The van der Waals surface area contributed by atoms with Gasteiger partial charge in [-0.15, -0.1) is 0 Å². The van der Waals surface area contributed by atoms with Crippen molar-refractivity contribution < 1.29 is 0 Å². The van der Waals surface area contributed by atoms with Crippen molar-refractivity contribution in [3.8, 4) is 23.1 Å². The van der Waals surface area contributed by atoms with Crippen molar-refractivity contribution >= 4 is 11.6 Å². The molecule has 0 aliphatic rings. The molecule has 0 heterocycles. The van der Waals surface area contributed by atoms with E-state index in [9.17, 15) is 0 Å². The van der Waals surface area contributed by atoms with Gasteiger partial charge < -0.3 is 0 Å². The van der Waals surface area contributed by atoms with Crippen LogP contribution in [-0.4, -0.2) is 0 Å². The summed E-state index contributed by atoms with van der Waals surface area (Å²) in [6.07, 6.45) is 0. The topological polar surface area (TPSA) is 0 Å². The molecule has 0 nitrogen and oxygen atoms in total. The average Bonchev–Trinajstić information content (AvgIpc) is 2.09. The summed E-state index contributed by atoms with van der Waals surface area (Å²) in [5.74, 6) is 7.96. The van der Waals surface area contributed by atoms with Crippen LogP contribution < -0.4 is 0 Å². The lowest BCUT2D eigenvalue weighted by atomic mass is 10.2. The predicted octanol–water partition coefficient (Wildman–Crippen LogP) is 2.55. The molecule has 12 heavy (non-hydrogen) atoms. The Hall–Kier alpha value is -1.37. The third-order valence-electron chi connectivity index (χ3n) is 1.37. The van der Waals surface area contributed by atoms with Crippen LogP contribution >= 0.6 is 11.6 Å². The fraction of sp³-hybridized carbons (Fsp3) is 0.0909. The Morgan fingerprint density at radius 2 is 1.75 bits per heavy atom. The maximum absolute atomic E-state index is 5.13. The minimum absolute atomic E-state index is 0.958. The van der Waals surface area contributed by atoms with Gasteiger partial charge in [0.15, 0.2) is 0 Å². The lowest BCUT2D eigenvalue weighted by Gasteiger charge is -1.89. The van der Waals surface area contributed by atoms with Crippen molar-refractivity contribution in [2.75, 3.05) is 0 Å². The van der Waals surface area contributed by atoms with Crippen molar-refractivity contribution in [3.63, 3.8) is 0 Å². The molecular weight excluding hydrogens is 168 g/mol. The van der Waals surface area contributed by atoms with Crippen LogP contribution in [0.15, 0.2) is 24.3 Å². The molecule has 0 saturated carbocycles. The first kappa shape index (κ1) is 8.72. The zero-order chi connectivity index (χ0) is 8.81. The molecule has 0 atom stereocenters. The van der Waals surface area contributed by atoms with Gasteiger partial charge in [0.1, 0.15) is 0 Å². The van der Waals surface area contributed by atoms with Crippen molar-refractivity contribution in [2.45, 2.75) is 6.92 Å². The lowest BCUT2D eigenvalue weighted by Crippen LogP contribution is -1.73. The molecule has 1 rings (SSSR count). The predicted molar refractivity (Wildman–Crippen MR) is 51.7 cm³/mol. The summed E-state index contributed by atoms with van der Waals surface area (Å²) in [6, 6.07) is 7.94. The van der Waals surface area contributed by atoms with Crippen LogP contribution in [0.2, 0.25) is 0 Å². The molecule has 0 aliphatic carbocycles. The van der Waals surface area contributed by atoms with E-state index in [-0.39, 0.29) is 0 Å².